The quantitative estimate of drug-likeness (QED) is 0.496. The first-order valence-corrected chi connectivity index (χ1v) is 11.2. The second-order valence-corrected chi connectivity index (χ2v) is 10.3. The third-order valence-electron chi connectivity index (χ3n) is 5.20. The lowest BCUT2D eigenvalue weighted by Gasteiger charge is -2.38. The van der Waals surface area contributed by atoms with Crippen molar-refractivity contribution in [1.82, 2.24) is 5.32 Å². The third-order valence-corrected chi connectivity index (χ3v) is 6.93. The van der Waals surface area contributed by atoms with Gasteiger partial charge in [-0.3, -0.25) is 0 Å². The number of hydrogen-bond donors (Lipinski definition) is 3. The predicted octanol–water partition coefficient (Wildman–Crippen LogP) is 2.52. The largest absolute Gasteiger partial charge is 0.462 e. The fourth-order valence-electron chi connectivity index (χ4n) is 4.37. The Morgan fingerprint density at radius 1 is 1.39 bits per heavy atom. The zero-order valence-electron chi connectivity index (χ0n) is 17.4. The molecule has 1 aromatic rings. The Morgan fingerprint density at radius 3 is 2.79 bits per heavy atom. The first-order chi connectivity index (χ1) is 13.1. The van der Waals surface area contributed by atoms with E-state index in [9.17, 15) is 4.79 Å². The maximum Gasteiger partial charge on any atom is 0.341 e. The molecular formula is C20H32N3O3S2+. The van der Waals surface area contributed by atoms with E-state index in [1.165, 1.54) is 4.88 Å². The monoisotopic (exact) mass is 426 g/mol. The maximum absolute atomic E-state index is 12.8. The maximum atomic E-state index is 12.8. The highest BCUT2D eigenvalue weighted by Gasteiger charge is 2.45. The van der Waals surface area contributed by atoms with Gasteiger partial charge in [-0.1, -0.05) is 0 Å². The first-order valence-electron chi connectivity index (χ1n) is 10.00. The summed E-state index contributed by atoms with van der Waals surface area (Å²) in [6.45, 7) is 12.5. The van der Waals surface area contributed by atoms with Crippen LogP contribution in [0.1, 0.15) is 68.3 Å². The van der Waals surface area contributed by atoms with E-state index in [-0.39, 0.29) is 23.2 Å². The van der Waals surface area contributed by atoms with Crippen LogP contribution in [0.3, 0.4) is 0 Å². The van der Waals surface area contributed by atoms with Gasteiger partial charge in [0, 0.05) is 19.6 Å². The van der Waals surface area contributed by atoms with E-state index >= 15 is 0 Å². The molecular weight excluding hydrogens is 394 g/mol. The topological polar surface area (TPSA) is 76.2 Å². The van der Waals surface area contributed by atoms with Crippen molar-refractivity contribution in [2.24, 2.45) is 0 Å². The fourth-order valence-corrected chi connectivity index (χ4v) is 5.90. The predicted molar refractivity (Wildman–Crippen MR) is 116 cm³/mol. The number of esters is 1. The van der Waals surface area contributed by atoms with E-state index in [1.807, 2.05) is 6.92 Å². The van der Waals surface area contributed by atoms with Crippen LogP contribution in [0, 0.1) is 0 Å². The fraction of sp³-hybridized carbons (Fsp3) is 0.700. The summed E-state index contributed by atoms with van der Waals surface area (Å²) in [7, 11) is 0. The van der Waals surface area contributed by atoms with Gasteiger partial charge >= 0.3 is 5.97 Å². The number of hydrogen-bond acceptors (Lipinski definition) is 5. The van der Waals surface area contributed by atoms with Gasteiger partial charge in [-0.05, 0) is 65.2 Å². The molecule has 0 aliphatic carbocycles. The number of nitrogens with one attached hydrogen (secondary N) is 2. The highest BCUT2D eigenvalue weighted by atomic mass is 32.1. The van der Waals surface area contributed by atoms with Gasteiger partial charge in [0.15, 0.2) is 5.11 Å². The van der Waals surface area contributed by atoms with Gasteiger partial charge < -0.3 is 25.4 Å². The summed E-state index contributed by atoms with van der Waals surface area (Å²) in [5.41, 5.74) is 1.62. The summed E-state index contributed by atoms with van der Waals surface area (Å²) in [6, 6.07) is 0. The molecule has 3 heterocycles. The van der Waals surface area contributed by atoms with Gasteiger partial charge in [0.25, 0.3) is 0 Å². The van der Waals surface area contributed by atoms with Crippen LogP contribution in [0.25, 0.3) is 0 Å². The number of nitrogens with two attached hydrogens (primary N) is 1. The van der Waals surface area contributed by atoms with Crippen LogP contribution >= 0.6 is 23.6 Å². The highest BCUT2D eigenvalue weighted by Crippen LogP contribution is 2.42. The Bertz CT molecular complexity index is 752. The molecule has 4 N–H and O–H groups in total. The van der Waals surface area contributed by atoms with Gasteiger partial charge in [-0.25, -0.2) is 4.79 Å². The molecule has 156 valence electrons. The molecule has 2 aliphatic heterocycles. The Kier molecular flexibility index (Phi) is 6.34. The number of carbonyl (C=O) groups excluding carboxylic acids is 1. The van der Waals surface area contributed by atoms with Crippen molar-refractivity contribution < 1.29 is 19.6 Å². The molecule has 1 atom stereocenters. The minimum atomic E-state index is -0.280. The number of quaternary nitrogens is 1. The Balaban J connectivity index is 1.86. The van der Waals surface area contributed by atoms with Gasteiger partial charge in [0.05, 0.1) is 28.7 Å². The van der Waals surface area contributed by atoms with Crippen LogP contribution in [-0.4, -0.2) is 42.5 Å². The molecule has 0 spiro atoms. The molecule has 2 aliphatic rings. The van der Waals surface area contributed by atoms with Crippen molar-refractivity contribution >= 4 is 39.6 Å². The van der Waals surface area contributed by atoms with Crippen molar-refractivity contribution in [3.05, 3.63) is 16.0 Å². The molecule has 8 heteroatoms. The molecule has 0 radical (unpaired) electrons. The summed E-state index contributed by atoms with van der Waals surface area (Å²) < 4.78 is 11.0. The Morgan fingerprint density at radius 2 is 2.14 bits per heavy atom. The average Bonchev–Trinajstić information content (AvgIpc) is 3.19. The molecule has 1 aromatic heterocycles. The van der Waals surface area contributed by atoms with Crippen LogP contribution in [0.4, 0.5) is 5.00 Å². The van der Waals surface area contributed by atoms with E-state index in [2.05, 4.69) is 43.6 Å². The lowest BCUT2D eigenvalue weighted by molar-refractivity contribution is -0.789. The molecule has 0 aromatic carbocycles. The minimum absolute atomic E-state index is 0.00859. The summed E-state index contributed by atoms with van der Waals surface area (Å²) in [4.78, 5) is 14.0. The molecule has 1 saturated heterocycles. The standard InChI is InChI=1S/C20H31N3O3S2/c1-6-25-17(24)14-13-10-19(2,3)23-20(4,5)15(13)28-16(14)22-18(27)21-11-12-8-7-9-26-12/h12,23H,6-11H2,1-5H3,(H2,21,22,27)/p+1/t12-/m0/s1. The molecule has 6 nitrogen and oxygen atoms in total. The zero-order chi connectivity index (χ0) is 20.5. The van der Waals surface area contributed by atoms with Gasteiger partial charge in [-0.15, -0.1) is 11.3 Å². The van der Waals surface area contributed by atoms with Crippen molar-refractivity contribution in [2.75, 3.05) is 25.1 Å². The molecule has 0 amide bonds. The van der Waals surface area contributed by atoms with E-state index in [0.717, 1.165) is 36.4 Å². The van der Waals surface area contributed by atoms with Gasteiger partial charge in [0.1, 0.15) is 10.5 Å². The van der Waals surface area contributed by atoms with Crippen LogP contribution in [0.5, 0.6) is 0 Å². The number of anilines is 1. The summed E-state index contributed by atoms with van der Waals surface area (Å²) >= 11 is 7.10. The number of thiocarbonyl (C=S) groups is 1. The molecule has 28 heavy (non-hydrogen) atoms. The second-order valence-electron chi connectivity index (χ2n) is 8.84. The van der Waals surface area contributed by atoms with E-state index < -0.39 is 0 Å². The van der Waals surface area contributed by atoms with Gasteiger partial charge in [0.2, 0.25) is 0 Å². The lowest BCUT2D eigenvalue weighted by atomic mass is 9.81. The van der Waals surface area contributed by atoms with Crippen LogP contribution in [0.2, 0.25) is 0 Å². The number of fused-ring (bicyclic) bond motifs is 1. The molecule has 0 saturated carbocycles. The van der Waals surface area contributed by atoms with E-state index in [0.29, 0.717) is 23.8 Å². The van der Waals surface area contributed by atoms with Crippen LogP contribution in [0.15, 0.2) is 0 Å². The zero-order valence-corrected chi connectivity index (χ0v) is 19.1. The number of ether oxygens (including phenoxy) is 2. The molecule has 0 unspecified atom stereocenters. The molecule has 0 bridgehead atoms. The molecule has 1 fully saturated rings. The second kappa shape index (κ2) is 8.26. The Hall–Kier alpha value is -1.22. The summed E-state index contributed by atoms with van der Waals surface area (Å²) in [5.74, 6) is -0.280. The first kappa shape index (κ1) is 21.5. The minimum Gasteiger partial charge on any atom is -0.462 e. The highest BCUT2D eigenvalue weighted by molar-refractivity contribution is 7.80. The van der Waals surface area contributed by atoms with Gasteiger partial charge in [-0.2, -0.15) is 0 Å². The third kappa shape index (κ3) is 4.67. The van der Waals surface area contributed by atoms with E-state index in [1.54, 1.807) is 11.3 Å². The van der Waals surface area contributed by atoms with Crippen molar-refractivity contribution in [3.63, 3.8) is 0 Å². The summed E-state index contributed by atoms with van der Waals surface area (Å²) in [5, 5.41) is 10.2. The van der Waals surface area contributed by atoms with Crippen LogP contribution < -0.4 is 16.0 Å². The van der Waals surface area contributed by atoms with Crippen molar-refractivity contribution in [1.29, 1.82) is 0 Å². The molecule has 3 rings (SSSR count). The van der Waals surface area contributed by atoms with Crippen molar-refractivity contribution in [3.8, 4) is 0 Å². The Labute approximate surface area is 176 Å². The van der Waals surface area contributed by atoms with Crippen LogP contribution in [-0.2, 0) is 21.4 Å². The number of rotatable bonds is 5. The lowest BCUT2D eigenvalue weighted by Crippen LogP contribution is -3.03. The SMILES string of the molecule is CCOC(=O)c1c(NC(=S)NC[C@@H]2CCCO2)sc2c1CC(C)(C)[NH2+]C2(C)C. The average molecular weight is 427 g/mol. The number of thiophene rings is 1. The van der Waals surface area contributed by atoms with E-state index in [4.69, 9.17) is 21.7 Å². The normalized spacial score (nSPS) is 22.4. The van der Waals surface area contributed by atoms with Crippen molar-refractivity contribution in [2.45, 2.75) is 71.1 Å². The summed E-state index contributed by atoms with van der Waals surface area (Å²) in [6.07, 6.45) is 3.17. The number of carbonyl (C=O) groups is 1. The smallest absolute Gasteiger partial charge is 0.341 e.